The Hall–Kier alpha value is -1.33. The Bertz CT molecular complexity index is 920. The van der Waals surface area contributed by atoms with Gasteiger partial charge >= 0.3 is 0 Å². The van der Waals surface area contributed by atoms with Crippen molar-refractivity contribution in [2.45, 2.75) is 32.7 Å². The summed E-state index contributed by atoms with van der Waals surface area (Å²) in [5.74, 6) is 1.28. The molecule has 1 saturated heterocycles. The Morgan fingerprint density at radius 1 is 1.17 bits per heavy atom. The number of para-hydroxylation sites is 1. The molecule has 1 aliphatic heterocycles. The van der Waals surface area contributed by atoms with Gasteiger partial charge in [0.15, 0.2) is 5.96 Å². The highest BCUT2D eigenvalue weighted by molar-refractivity contribution is 14.0. The van der Waals surface area contributed by atoms with E-state index in [-0.39, 0.29) is 24.0 Å². The Kier molecular flexibility index (Phi) is 9.89. The molecule has 0 radical (unpaired) electrons. The zero-order valence-electron chi connectivity index (χ0n) is 17.9. The second-order valence-electron chi connectivity index (χ2n) is 7.67. The molecule has 1 aliphatic rings. The third kappa shape index (κ3) is 7.12. The third-order valence-electron chi connectivity index (χ3n) is 5.44. The number of rotatable bonds is 8. The minimum absolute atomic E-state index is 0. The molecule has 0 bridgehead atoms. The first-order valence-electron chi connectivity index (χ1n) is 10.5. The van der Waals surface area contributed by atoms with Crippen LogP contribution in [0.4, 0.5) is 0 Å². The van der Waals surface area contributed by atoms with Gasteiger partial charge in [0.1, 0.15) is 0 Å². The predicted molar refractivity (Wildman–Crippen MR) is 135 cm³/mol. The van der Waals surface area contributed by atoms with Gasteiger partial charge < -0.3 is 15.2 Å². The number of aliphatic imine (C=N–C) groups is 1. The molecule has 2 aromatic rings. The molecular weight excluding hydrogens is 513 g/mol. The minimum atomic E-state index is -3.07. The van der Waals surface area contributed by atoms with Gasteiger partial charge in [0.25, 0.3) is 0 Å². The van der Waals surface area contributed by atoms with Crippen LogP contribution in [0.3, 0.4) is 0 Å². The average Bonchev–Trinajstić information content (AvgIpc) is 3.12. The van der Waals surface area contributed by atoms with E-state index in [1.165, 1.54) is 17.2 Å². The number of aryl methyl sites for hydroxylation is 1. The fourth-order valence-electron chi connectivity index (χ4n) is 3.78. The van der Waals surface area contributed by atoms with Crippen LogP contribution in [0.1, 0.15) is 26.2 Å². The maximum Gasteiger partial charge on any atom is 0.211 e. The van der Waals surface area contributed by atoms with Gasteiger partial charge in [-0.1, -0.05) is 18.2 Å². The Balaban J connectivity index is 0.00000320. The number of guanidine groups is 1. The fraction of sp³-hybridized carbons (Fsp3) is 0.571. The number of piperidine rings is 1. The summed E-state index contributed by atoms with van der Waals surface area (Å²) in [7, 11) is -3.07. The second kappa shape index (κ2) is 11.9. The molecule has 7 nitrogen and oxygen atoms in total. The van der Waals surface area contributed by atoms with Crippen LogP contribution in [-0.2, 0) is 16.6 Å². The summed E-state index contributed by atoms with van der Waals surface area (Å²) in [6.07, 6.45) is 6.19. The van der Waals surface area contributed by atoms with Crippen molar-refractivity contribution in [2.24, 2.45) is 10.9 Å². The Morgan fingerprint density at radius 2 is 1.90 bits per heavy atom. The van der Waals surface area contributed by atoms with Crippen LogP contribution < -0.4 is 10.6 Å². The number of sulfonamides is 1. The molecule has 3 rings (SSSR count). The van der Waals surface area contributed by atoms with Crippen LogP contribution in [0.5, 0.6) is 0 Å². The van der Waals surface area contributed by atoms with Crippen molar-refractivity contribution in [3.63, 3.8) is 0 Å². The van der Waals surface area contributed by atoms with Gasteiger partial charge in [0.2, 0.25) is 10.0 Å². The number of fused-ring (bicyclic) bond motifs is 1. The molecule has 2 heterocycles. The average molecular weight is 548 g/mol. The lowest BCUT2D eigenvalue weighted by molar-refractivity contribution is 0.280. The van der Waals surface area contributed by atoms with Crippen LogP contribution in [0, 0.1) is 5.92 Å². The quantitative estimate of drug-likeness (QED) is 0.231. The summed E-state index contributed by atoms with van der Waals surface area (Å²) in [6, 6.07) is 10.6. The predicted octanol–water partition coefficient (Wildman–Crippen LogP) is 2.88. The first-order valence-corrected chi connectivity index (χ1v) is 12.3. The van der Waals surface area contributed by atoms with E-state index >= 15 is 0 Å². The third-order valence-corrected chi connectivity index (χ3v) is 6.75. The fourth-order valence-corrected chi connectivity index (χ4v) is 4.65. The highest BCUT2D eigenvalue weighted by Gasteiger charge is 2.24. The maximum atomic E-state index is 11.6. The Labute approximate surface area is 197 Å². The smallest absolute Gasteiger partial charge is 0.211 e. The van der Waals surface area contributed by atoms with Crippen molar-refractivity contribution in [1.29, 1.82) is 0 Å². The van der Waals surface area contributed by atoms with Gasteiger partial charge in [-0.15, -0.1) is 24.0 Å². The van der Waals surface area contributed by atoms with Crippen molar-refractivity contribution in [3.8, 4) is 0 Å². The molecule has 0 aliphatic carbocycles. The molecule has 1 aromatic carbocycles. The Morgan fingerprint density at radius 3 is 2.60 bits per heavy atom. The van der Waals surface area contributed by atoms with Crippen molar-refractivity contribution < 1.29 is 8.42 Å². The molecule has 0 saturated carbocycles. The topological polar surface area (TPSA) is 78.7 Å². The van der Waals surface area contributed by atoms with Crippen molar-refractivity contribution >= 4 is 50.9 Å². The van der Waals surface area contributed by atoms with E-state index in [2.05, 4.69) is 58.7 Å². The molecule has 2 N–H and O–H groups in total. The van der Waals surface area contributed by atoms with E-state index in [1.807, 2.05) is 0 Å². The van der Waals surface area contributed by atoms with Gasteiger partial charge in [-0.2, -0.15) is 0 Å². The van der Waals surface area contributed by atoms with E-state index in [0.717, 1.165) is 51.4 Å². The lowest BCUT2D eigenvalue weighted by Gasteiger charge is -2.29. The molecule has 1 aromatic heterocycles. The van der Waals surface area contributed by atoms with E-state index in [9.17, 15) is 8.42 Å². The monoisotopic (exact) mass is 547 g/mol. The van der Waals surface area contributed by atoms with E-state index in [4.69, 9.17) is 4.99 Å². The van der Waals surface area contributed by atoms with Crippen LogP contribution in [0.15, 0.2) is 41.5 Å². The normalized spacial score (nSPS) is 16.4. The molecule has 0 atom stereocenters. The molecule has 168 valence electrons. The van der Waals surface area contributed by atoms with Gasteiger partial charge in [-0.25, -0.2) is 12.7 Å². The number of aromatic nitrogens is 1. The SMILES string of the molecule is CCNC(=NCC1CCN(S(C)(=O)=O)CC1)NCCCn1ccc2ccccc21.I. The summed E-state index contributed by atoms with van der Waals surface area (Å²) >= 11 is 0. The number of nitrogens with zero attached hydrogens (tertiary/aromatic N) is 3. The van der Waals surface area contributed by atoms with Gasteiger partial charge in [0.05, 0.1) is 6.26 Å². The second-order valence-corrected chi connectivity index (χ2v) is 9.66. The van der Waals surface area contributed by atoms with Crippen LogP contribution >= 0.6 is 24.0 Å². The van der Waals surface area contributed by atoms with Gasteiger partial charge in [-0.3, -0.25) is 4.99 Å². The molecule has 30 heavy (non-hydrogen) atoms. The van der Waals surface area contributed by atoms with Crippen LogP contribution in [0.2, 0.25) is 0 Å². The van der Waals surface area contributed by atoms with E-state index < -0.39 is 10.0 Å². The number of halogens is 1. The van der Waals surface area contributed by atoms with Crippen molar-refractivity contribution in [3.05, 3.63) is 36.5 Å². The molecular formula is C21H34IN5O2S. The number of hydrogen-bond donors (Lipinski definition) is 2. The highest BCUT2D eigenvalue weighted by atomic mass is 127. The van der Waals surface area contributed by atoms with Crippen molar-refractivity contribution in [2.75, 3.05) is 39.0 Å². The highest BCUT2D eigenvalue weighted by Crippen LogP contribution is 2.19. The van der Waals surface area contributed by atoms with Crippen LogP contribution in [0.25, 0.3) is 10.9 Å². The molecule has 0 amide bonds. The standard InChI is InChI=1S/C21H33N5O2S.HI/c1-3-22-21(24-17-18-9-15-26(16-10-18)29(2,27)28)23-12-6-13-25-14-11-19-7-4-5-8-20(19)25;/h4-5,7-8,11,14,18H,3,6,9-10,12-13,15-17H2,1-2H3,(H2,22,23,24);1H. The van der Waals surface area contributed by atoms with E-state index in [0.29, 0.717) is 19.0 Å². The number of benzene rings is 1. The number of hydrogen-bond acceptors (Lipinski definition) is 3. The summed E-state index contributed by atoms with van der Waals surface area (Å²) in [4.78, 5) is 4.73. The summed E-state index contributed by atoms with van der Waals surface area (Å²) < 4.78 is 27.1. The lowest BCUT2D eigenvalue weighted by atomic mass is 9.98. The zero-order chi connectivity index (χ0) is 20.7. The summed E-state index contributed by atoms with van der Waals surface area (Å²) in [5, 5.41) is 8.00. The summed E-state index contributed by atoms with van der Waals surface area (Å²) in [6.45, 7) is 6.64. The minimum Gasteiger partial charge on any atom is -0.357 e. The molecule has 0 spiro atoms. The summed E-state index contributed by atoms with van der Waals surface area (Å²) in [5.41, 5.74) is 1.27. The largest absolute Gasteiger partial charge is 0.357 e. The van der Waals surface area contributed by atoms with Crippen LogP contribution in [-0.4, -0.2) is 62.2 Å². The van der Waals surface area contributed by atoms with E-state index in [1.54, 1.807) is 4.31 Å². The first-order chi connectivity index (χ1) is 14.0. The zero-order valence-corrected chi connectivity index (χ0v) is 21.0. The van der Waals surface area contributed by atoms with Crippen molar-refractivity contribution in [1.82, 2.24) is 19.5 Å². The first kappa shape index (κ1) is 24.9. The maximum absolute atomic E-state index is 11.6. The van der Waals surface area contributed by atoms with Gasteiger partial charge in [-0.05, 0) is 49.6 Å². The molecule has 1 fully saturated rings. The molecule has 9 heteroatoms. The van der Waals surface area contributed by atoms with Gasteiger partial charge in [0, 0.05) is 51.0 Å². The lowest BCUT2D eigenvalue weighted by Crippen LogP contribution is -2.40. The number of nitrogens with one attached hydrogen (secondary N) is 2. The molecule has 0 unspecified atom stereocenters.